The van der Waals surface area contributed by atoms with E-state index in [0.29, 0.717) is 22.7 Å². The molecule has 126 valence electrons. The Morgan fingerprint density at radius 2 is 1.96 bits per heavy atom. The largest absolute Gasteiger partial charge is 0.324 e. The number of halogens is 1. The SMILES string of the molecule is Cc1ccc(C(=O)N(C)C2(c3ccccc3Cl)CCCCC2=O)s1. The van der Waals surface area contributed by atoms with Gasteiger partial charge in [-0.3, -0.25) is 9.59 Å². The van der Waals surface area contributed by atoms with E-state index in [1.54, 1.807) is 18.0 Å². The van der Waals surface area contributed by atoms with E-state index in [-0.39, 0.29) is 11.7 Å². The van der Waals surface area contributed by atoms with Crippen molar-refractivity contribution in [2.75, 3.05) is 7.05 Å². The number of nitrogens with zero attached hydrogens (tertiary/aromatic N) is 1. The predicted molar refractivity (Wildman–Crippen MR) is 97.8 cm³/mol. The monoisotopic (exact) mass is 361 g/mol. The maximum atomic E-state index is 13.0. The number of ketones is 1. The number of benzene rings is 1. The van der Waals surface area contributed by atoms with E-state index in [1.165, 1.54) is 11.3 Å². The number of carbonyl (C=O) groups is 2. The number of hydrogen-bond donors (Lipinski definition) is 0. The second-order valence-corrected chi connectivity index (χ2v) is 7.94. The molecule has 1 aromatic heterocycles. The van der Waals surface area contributed by atoms with Gasteiger partial charge in [-0.2, -0.15) is 0 Å². The Morgan fingerprint density at radius 1 is 1.21 bits per heavy atom. The molecule has 3 rings (SSSR count). The standard InChI is InChI=1S/C19H20ClNO2S/c1-13-10-11-16(24-13)18(23)21(2)19(12-6-5-9-17(19)22)14-7-3-4-8-15(14)20/h3-4,7-8,10-11H,5-6,9,12H2,1-2H3. The van der Waals surface area contributed by atoms with Gasteiger partial charge in [0.25, 0.3) is 5.91 Å². The minimum atomic E-state index is -0.967. The van der Waals surface area contributed by atoms with Crippen LogP contribution in [-0.4, -0.2) is 23.6 Å². The molecule has 0 radical (unpaired) electrons. The van der Waals surface area contributed by atoms with Crippen LogP contribution in [0.4, 0.5) is 0 Å². The minimum Gasteiger partial charge on any atom is -0.324 e. The molecule has 0 spiro atoms. The van der Waals surface area contributed by atoms with Crippen LogP contribution in [0.15, 0.2) is 36.4 Å². The first kappa shape index (κ1) is 17.2. The summed E-state index contributed by atoms with van der Waals surface area (Å²) in [6, 6.07) is 11.1. The van der Waals surface area contributed by atoms with Gasteiger partial charge in [0.2, 0.25) is 0 Å². The van der Waals surface area contributed by atoms with Crippen LogP contribution in [0.3, 0.4) is 0 Å². The van der Waals surface area contributed by atoms with Gasteiger partial charge in [0.15, 0.2) is 5.78 Å². The lowest BCUT2D eigenvalue weighted by molar-refractivity contribution is -0.132. The lowest BCUT2D eigenvalue weighted by Gasteiger charge is -2.43. The molecular formula is C19H20ClNO2S. The predicted octanol–water partition coefficient (Wildman–Crippen LogP) is 4.82. The molecule has 5 heteroatoms. The van der Waals surface area contributed by atoms with E-state index in [9.17, 15) is 9.59 Å². The normalized spacial score (nSPS) is 20.9. The second kappa shape index (κ2) is 6.69. The zero-order valence-corrected chi connectivity index (χ0v) is 15.4. The molecule has 3 nitrogen and oxygen atoms in total. The summed E-state index contributed by atoms with van der Waals surface area (Å²) in [5.74, 6) is -0.0470. The van der Waals surface area contributed by atoms with E-state index in [1.807, 2.05) is 37.3 Å². The van der Waals surface area contributed by atoms with Gasteiger partial charge in [-0.05, 0) is 44.4 Å². The average molecular weight is 362 g/mol. The molecule has 1 saturated carbocycles. The molecule has 1 fully saturated rings. The molecule has 24 heavy (non-hydrogen) atoms. The first-order chi connectivity index (χ1) is 11.5. The van der Waals surface area contributed by atoms with Crippen LogP contribution in [0.2, 0.25) is 5.02 Å². The highest BCUT2D eigenvalue weighted by molar-refractivity contribution is 7.13. The molecule has 1 aliphatic rings. The number of thiophene rings is 1. The summed E-state index contributed by atoms with van der Waals surface area (Å²) in [4.78, 5) is 29.4. The van der Waals surface area contributed by atoms with E-state index in [2.05, 4.69) is 0 Å². The van der Waals surface area contributed by atoms with Crippen molar-refractivity contribution in [2.24, 2.45) is 0 Å². The Bertz CT molecular complexity index is 785. The Kier molecular flexibility index (Phi) is 4.79. The molecule has 1 atom stereocenters. The average Bonchev–Trinajstić information content (AvgIpc) is 3.01. The highest BCUT2D eigenvalue weighted by atomic mass is 35.5. The summed E-state index contributed by atoms with van der Waals surface area (Å²) in [6.07, 6.45) is 2.86. The second-order valence-electron chi connectivity index (χ2n) is 6.24. The van der Waals surface area contributed by atoms with E-state index in [0.717, 1.165) is 23.3 Å². The van der Waals surface area contributed by atoms with Crippen molar-refractivity contribution in [3.8, 4) is 0 Å². The van der Waals surface area contributed by atoms with Crippen LogP contribution in [0.5, 0.6) is 0 Å². The van der Waals surface area contributed by atoms with Crippen molar-refractivity contribution in [1.29, 1.82) is 0 Å². The molecule has 0 N–H and O–H groups in total. The van der Waals surface area contributed by atoms with Gasteiger partial charge in [0.05, 0.1) is 4.88 Å². The molecule has 0 bridgehead atoms. The minimum absolute atomic E-state index is 0.0750. The van der Waals surface area contributed by atoms with Gasteiger partial charge < -0.3 is 4.90 Å². The van der Waals surface area contributed by atoms with Gasteiger partial charge in [-0.1, -0.05) is 29.8 Å². The molecule has 1 aliphatic carbocycles. The fourth-order valence-electron chi connectivity index (χ4n) is 3.52. The molecule has 1 aromatic carbocycles. The summed E-state index contributed by atoms with van der Waals surface area (Å²) in [7, 11) is 1.73. The molecule has 1 heterocycles. The van der Waals surface area contributed by atoms with Crippen molar-refractivity contribution in [1.82, 2.24) is 4.90 Å². The number of carbonyl (C=O) groups excluding carboxylic acids is 2. The maximum Gasteiger partial charge on any atom is 0.264 e. The first-order valence-corrected chi connectivity index (χ1v) is 9.29. The summed E-state index contributed by atoms with van der Waals surface area (Å²) < 4.78 is 0. The molecule has 0 aliphatic heterocycles. The van der Waals surface area contributed by atoms with Crippen LogP contribution < -0.4 is 0 Å². The summed E-state index contributed by atoms with van der Waals surface area (Å²) >= 11 is 7.88. The van der Waals surface area contributed by atoms with Crippen LogP contribution in [0.1, 0.15) is 45.8 Å². The summed E-state index contributed by atoms with van der Waals surface area (Å²) in [5.41, 5.74) is -0.230. The van der Waals surface area contributed by atoms with Gasteiger partial charge in [-0.15, -0.1) is 11.3 Å². The maximum absolute atomic E-state index is 13.0. The fourth-order valence-corrected chi connectivity index (χ4v) is 4.65. The molecule has 1 unspecified atom stereocenters. The van der Waals surface area contributed by atoms with Crippen LogP contribution in [0, 0.1) is 6.92 Å². The smallest absolute Gasteiger partial charge is 0.264 e. The number of rotatable bonds is 3. The van der Waals surface area contributed by atoms with Crippen molar-refractivity contribution < 1.29 is 9.59 Å². The van der Waals surface area contributed by atoms with E-state index in [4.69, 9.17) is 11.6 Å². The van der Waals surface area contributed by atoms with E-state index >= 15 is 0 Å². The number of aryl methyl sites for hydroxylation is 1. The quantitative estimate of drug-likeness (QED) is 0.785. The third-order valence-electron chi connectivity index (χ3n) is 4.80. The van der Waals surface area contributed by atoms with Crippen molar-refractivity contribution >= 4 is 34.6 Å². The lowest BCUT2D eigenvalue weighted by atomic mass is 9.74. The third-order valence-corrected chi connectivity index (χ3v) is 6.12. The molecule has 0 saturated heterocycles. The Balaban J connectivity index is 2.10. The fraction of sp³-hybridized carbons (Fsp3) is 0.368. The number of amides is 1. The Labute approximate surface area is 151 Å². The van der Waals surface area contributed by atoms with Gasteiger partial charge in [0, 0.05) is 28.9 Å². The molecule has 1 amide bonds. The topological polar surface area (TPSA) is 37.4 Å². The Hall–Kier alpha value is -1.65. The van der Waals surface area contributed by atoms with Gasteiger partial charge in [0.1, 0.15) is 5.54 Å². The summed E-state index contributed by atoms with van der Waals surface area (Å²) in [5, 5.41) is 0.537. The zero-order valence-electron chi connectivity index (χ0n) is 13.8. The van der Waals surface area contributed by atoms with Crippen LogP contribution in [0.25, 0.3) is 0 Å². The van der Waals surface area contributed by atoms with Crippen molar-refractivity contribution in [3.05, 3.63) is 56.7 Å². The Morgan fingerprint density at radius 3 is 2.58 bits per heavy atom. The van der Waals surface area contributed by atoms with Crippen molar-refractivity contribution in [3.63, 3.8) is 0 Å². The number of likely N-dealkylation sites (N-methyl/N-ethyl adjacent to an activating group) is 1. The van der Waals surface area contributed by atoms with Crippen molar-refractivity contribution in [2.45, 2.75) is 38.1 Å². The lowest BCUT2D eigenvalue weighted by Crippen LogP contribution is -2.54. The number of hydrogen-bond acceptors (Lipinski definition) is 3. The highest BCUT2D eigenvalue weighted by Gasteiger charge is 2.48. The first-order valence-electron chi connectivity index (χ1n) is 8.10. The van der Waals surface area contributed by atoms with Gasteiger partial charge in [-0.25, -0.2) is 0 Å². The van der Waals surface area contributed by atoms with E-state index < -0.39 is 5.54 Å². The molecular weight excluding hydrogens is 342 g/mol. The molecule has 2 aromatic rings. The summed E-state index contributed by atoms with van der Waals surface area (Å²) in [6.45, 7) is 1.97. The van der Waals surface area contributed by atoms with Gasteiger partial charge >= 0.3 is 0 Å². The van der Waals surface area contributed by atoms with Crippen LogP contribution >= 0.6 is 22.9 Å². The third kappa shape index (κ3) is 2.78. The number of Topliss-reactive ketones (excluding diaryl/α,β-unsaturated/α-hetero) is 1. The highest BCUT2D eigenvalue weighted by Crippen LogP contribution is 2.43. The zero-order chi connectivity index (χ0) is 17.3. The van der Waals surface area contributed by atoms with Crippen LogP contribution in [-0.2, 0) is 10.3 Å².